The minimum Gasteiger partial charge on any atom is -0.495 e. The van der Waals surface area contributed by atoms with Crippen LogP contribution in [0.3, 0.4) is 0 Å². The van der Waals surface area contributed by atoms with E-state index >= 15 is 0 Å². The fourth-order valence-electron chi connectivity index (χ4n) is 2.34. The van der Waals surface area contributed by atoms with E-state index in [1.165, 1.54) is 11.7 Å². The number of halogens is 1. The SMILES string of the molecule is COc1ccc(NC(=O)[C@@H](C)n2c(C)cc(C)nc2=O)cc1Cl. The lowest BCUT2D eigenvalue weighted by Gasteiger charge is -2.17. The summed E-state index contributed by atoms with van der Waals surface area (Å²) >= 11 is 6.04. The van der Waals surface area contributed by atoms with Crippen molar-refractivity contribution in [3.8, 4) is 5.75 Å². The van der Waals surface area contributed by atoms with Crippen LogP contribution in [0.5, 0.6) is 5.75 Å². The van der Waals surface area contributed by atoms with Crippen molar-refractivity contribution in [2.24, 2.45) is 0 Å². The topological polar surface area (TPSA) is 73.2 Å². The van der Waals surface area contributed by atoms with Crippen LogP contribution in [0.1, 0.15) is 24.4 Å². The average Bonchev–Trinajstić information content (AvgIpc) is 2.46. The zero-order valence-electron chi connectivity index (χ0n) is 13.4. The maximum absolute atomic E-state index is 12.4. The van der Waals surface area contributed by atoms with E-state index in [0.29, 0.717) is 27.8 Å². The normalized spacial score (nSPS) is 11.9. The van der Waals surface area contributed by atoms with Crippen molar-refractivity contribution < 1.29 is 9.53 Å². The van der Waals surface area contributed by atoms with Gasteiger partial charge >= 0.3 is 5.69 Å². The van der Waals surface area contributed by atoms with Gasteiger partial charge in [-0.05, 0) is 45.0 Å². The monoisotopic (exact) mass is 335 g/mol. The van der Waals surface area contributed by atoms with Crippen LogP contribution < -0.4 is 15.7 Å². The van der Waals surface area contributed by atoms with Crippen LogP contribution in [0, 0.1) is 13.8 Å². The Bertz CT molecular complexity index is 802. The van der Waals surface area contributed by atoms with Gasteiger partial charge in [0.15, 0.2) is 0 Å². The Morgan fingerprint density at radius 3 is 2.61 bits per heavy atom. The summed E-state index contributed by atoms with van der Waals surface area (Å²) in [5.41, 5.74) is 1.38. The smallest absolute Gasteiger partial charge is 0.348 e. The highest BCUT2D eigenvalue weighted by atomic mass is 35.5. The summed E-state index contributed by atoms with van der Waals surface area (Å²) in [5.74, 6) is 0.189. The van der Waals surface area contributed by atoms with Gasteiger partial charge in [-0.15, -0.1) is 0 Å². The van der Waals surface area contributed by atoms with E-state index in [9.17, 15) is 9.59 Å². The first-order valence-corrected chi connectivity index (χ1v) is 7.42. The predicted octanol–water partition coefficient (Wildman–Crippen LogP) is 2.72. The van der Waals surface area contributed by atoms with Gasteiger partial charge in [0, 0.05) is 17.1 Å². The van der Waals surface area contributed by atoms with E-state index in [4.69, 9.17) is 16.3 Å². The Labute approximate surface area is 139 Å². The molecule has 23 heavy (non-hydrogen) atoms. The molecule has 1 heterocycles. The second-order valence-corrected chi connectivity index (χ2v) is 5.61. The first-order chi connectivity index (χ1) is 10.8. The molecule has 1 aromatic carbocycles. The molecular formula is C16H18ClN3O3. The molecule has 6 nitrogen and oxygen atoms in total. The van der Waals surface area contributed by atoms with Gasteiger partial charge in [-0.3, -0.25) is 9.36 Å². The average molecular weight is 336 g/mol. The number of anilines is 1. The van der Waals surface area contributed by atoms with Gasteiger partial charge in [0.05, 0.1) is 12.1 Å². The maximum Gasteiger partial charge on any atom is 0.348 e. The molecule has 0 aliphatic carbocycles. The lowest BCUT2D eigenvalue weighted by Crippen LogP contribution is -2.34. The molecule has 0 aliphatic rings. The first-order valence-electron chi connectivity index (χ1n) is 7.04. The van der Waals surface area contributed by atoms with Gasteiger partial charge in [-0.1, -0.05) is 11.6 Å². The lowest BCUT2D eigenvalue weighted by atomic mass is 10.2. The Morgan fingerprint density at radius 2 is 2.04 bits per heavy atom. The van der Waals surface area contributed by atoms with E-state index in [1.54, 1.807) is 45.0 Å². The summed E-state index contributed by atoms with van der Waals surface area (Å²) in [7, 11) is 1.52. The van der Waals surface area contributed by atoms with Gasteiger partial charge in [0.1, 0.15) is 11.8 Å². The van der Waals surface area contributed by atoms with E-state index in [-0.39, 0.29) is 5.91 Å². The summed E-state index contributed by atoms with van der Waals surface area (Å²) in [4.78, 5) is 28.3. The number of amides is 1. The number of rotatable bonds is 4. The number of hydrogen-bond donors (Lipinski definition) is 1. The minimum absolute atomic E-state index is 0.331. The second kappa shape index (κ2) is 6.83. The zero-order chi connectivity index (χ0) is 17.1. The Morgan fingerprint density at radius 1 is 1.35 bits per heavy atom. The molecule has 2 rings (SSSR count). The van der Waals surface area contributed by atoms with Gasteiger partial charge in [0.25, 0.3) is 0 Å². The molecule has 0 spiro atoms. The van der Waals surface area contributed by atoms with Crippen LogP contribution in [-0.2, 0) is 4.79 Å². The van der Waals surface area contributed by atoms with Crippen LogP contribution >= 0.6 is 11.6 Å². The van der Waals surface area contributed by atoms with Gasteiger partial charge in [0.2, 0.25) is 5.91 Å². The summed E-state index contributed by atoms with van der Waals surface area (Å²) < 4.78 is 6.42. The first kappa shape index (κ1) is 17.0. The van der Waals surface area contributed by atoms with Crippen LogP contribution in [-0.4, -0.2) is 22.6 Å². The molecule has 0 unspecified atom stereocenters. The quantitative estimate of drug-likeness (QED) is 0.932. The van der Waals surface area contributed by atoms with Crippen molar-refractivity contribution in [1.82, 2.24) is 9.55 Å². The number of nitrogens with one attached hydrogen (secondary N) is 1. The highest BCUT2D eigenvalue weighted by Gasteiger charge is 2.19. The predicted molar refractivity (Wildman–Crippen MR) is 89.3 cm³/mol. The van der Waals surface area contributed by atoms with Crippen molar-refractivity contribution in [2.75, 3.05) is 12.4 Å². The zero-order valence-corrected chi connectivity index (χ0v) is 14.1. The number of benzene rings is 1. The lowest BCUT2D eigenvalue weighted by molar-refractivity contribution is -0.118. The molecule has 7 heteroatoms. The van der Waals surface area contributed by atoms with E-state index < -0.39 is 11.7 Å². The number of aryl methyl sites for hydroxylation is 2. The van der Waals surface area contributed by atoms with Gasteiger partial charge < -0.3 is 10.1 Å². The van der Waals surface area contributed by atoms with Gasteiger partial charge in [-0.25, -0.2) is 4.79 Å². The Hall–Kier alpha value is -2.34. The van der Waals surface area contributed by atoms with Gasteiger partial charge in [-0.2, -0.15) is 4.98 Å². The number of nitrogens with zero attached hydrogens (tertiary/aromatic N) is 2. The number of hydrogen-bond acceptors (Lipinski definition) is 4. The molecule has 1 atom stereocenters. The molecule has 1 aromatic heterocycles. The molecule has 0 fully saturated rings. The second-order valence-electron chi connectivity index (χ2n) is 5.21. The van der Waals surface area contributed by atoms with Crippen LogP contribution in [0.25, 0.3) is 0 Å². The number of methoxy groups -OCH3 is 1. The third-order valence-electron chi connectivity index (χ3n) is 3.46. The summed E-state index contributed by atoms with van der Waals surface area (Å²) in [6.07, 6.45) is 0. The number of carbonyl (C=O) groups excluding carboxylic acids is 1. The van der Waals surface area contributed by atoms with Crippen molar-refractivity contribution >= 4 is 23.2 Å². The number of aromatic nitrogens is 2. The minimum atomic E-state index is -0.698. The van der Waals surface area contributed by atoms with Crippen LogP contribution in [0.4, 0.5) is 5.69 Å². The van der Waals surface area contributed by atoms with Crippen molar-refractivity contribution in [2.45, 2.75) is 26.8 Å². The summed E-state index contributed by atoms with van der Waals surface area (Å²) in [6, 6.07) is 5.99. The van der Waals surface area contributed by atoms with Crippen LogP contribution in [0.2, 0.25) is 5.02 Å². The van der Waals surface area contributed by atoms with E-state index in [0.717, 1.165) is 0 Å². The Kier molecular flexibility index (Phi) is 5.05. The highest BCUT2D eigenvalue weighted by molar-refractivity contribution is 6.32. The van der Waals surface area contributed by atoms with Crippen molar-refractivity contribution in [3.63, 3.8) is 0 Å². The van der Waals surface area contributed by atoms with E-state index in [2.05, 4.69) is 10.3 Å². The molecule has 1 amide bonds. The summed E-state index contributed by atoms with van der Waals surface area (Å²) in [6.45, 7) is 5.15. The molecular weight excluding hydrogens is 318 g/mol. The standard InChI is InChI=1S/C16H18ClN3O3/c1-9-7-10(2)20(16(22)18-9)11(3)15(21)19-12-5-6-14(23-4)13(17)8-12/h5-8,11H,1-4H3,(H,19,21)/t11-/m1/s1. The largest absolute Gasteiger partial charge is 0.495 e. The number of ether oxygens (including phenoxy) is 1. The molecule has 0 saturated heterocycles. The molecule has 122 valence electrons. The molecule has 0 saturated carbocycles. The van der Waals surface area contributed by atoms with Crippen LogP contribution in [0.15, 0.2) is 29.1 Å². The maximum atomic E-state index is 12.4. The molecule has 0 bridgehead atoms. The van der Waals surface area contributed by atoms with Crippen molar-refractivity contribution in [3.05, 3.63) is 51.2 Å². The third-order valence-corrected chi connectivity index (χ3v) is 3.76. The highest BCUT2D eigenvalue weighted by Crippen LogP contribution is 2.27. The fourth-order valence-corrected chi connectivity index (χ4v) is 2.60. The molecule has 2 aromatic rings. The molecule has 1 N–H and O–H groups in total. The van der Waals surface area contributed by atoms with E-state index in [1.807, 2.05) is 0 Å². The molecule has 0 radical (unpaired) electrons. The molecule has 0 aliphatic heterocycles. The fraction of sp³-hybridized carbons (Fsp3) is 0.312. The Balaban J connectivity index is 2.24. The summed E-state index contributed by atoms with van der Waals surface area (Å²) in [5, 5.41) is 3.13. The number of carbonyl (C=O) groups is 1. The third kappa shape index (κ3) is 3.71. The van der Waals surface area contributed by atoms with Crippen molar-refractivity contribution in [1.29, 1.82) is 0 Å².